The van der Waals surface area contributed by atoms with Crippen LogP contribution >= 0.6 is 27.5 Å². The van der Waals surface area contributed by atoms with Gasteiger partial charge in [0, 0.05) is 10.7 Å². The number of furan rings is 1. The Kier molecular flexibility index (Phi) is 3.31. The summed E-state index contributed by atoms with van der Waals surface area (Å²) in [4.78, 5) is 11.8. The Hall–Kier alpha value is -1.26. The van der Waals surface area contributed by atoms with Crippen LogP contribution in [-0.2, 0) is 0 Å². The fourth-order valence-electron chi connectivity index (χ4n) is 1.22. The van der Waals surface area contributed by atoms with Crippen LogP contribution in [-0.4, -0.2) is 5.91 Å². The van der Waals surface area contributed by atoms with Crippen LogP contribution in [0.25, 0.3) is 0 Å². The third-order valence-corrected chi connectivity index (χ3v) is 2.79. The van der Waals surface area contributed by atoms with Crippen LogP contribution in [0.1, 0.15) is 10.4 Å². The molecule has 0 aliphatic rings. The molecule has 0 fully saturated rings. The van der Waals surface area contributed by atoms with Crippen LogP contribution in [0.4, 0.5) is 5.69 Å². The summed E-state index contributed by atoms with van der Waals surface area (Å²) in [6.07, 6.45) is 1.44. The van der Waals surface area contributed by atoms with Gasteiger partial charge in [0.15, 0.2) is 4.67 Å². The molecule has 82 valence electrons. The first-order chi connectivity index (χ1) is 7.66. The fourth-order valence-corrected chi connectivity index (χ4v) is 1.83. The van der Waals surface area contributed by atoms with Crippen molar-refractivity contribution in [1.82, 2.24) is 0 Å². The Balaban J connectivity index is 2.17. The number of hydrogen-bond donors (Lipinski definition) is 1. The minimum atomic E-state index is -0.247. The molecule has 16 heavy (non-hydrogen) atoms. The molecule has 1 amide bonds. The average Bonchev–Trinajstić information content (AvgIpc) is 2.64. The van der Waals surface area contributed by atoms with Gasteiger partial charge in [-0.1, -0.05) is 17.7 Å². The highest BCUT2D eigenvalue weighted by Gasteiger charge is 2.12. The number of halogens is 2. The Morgan fingerprint density at radius 1 is 1.38 bits per heavy atom. The zero-order chi connectivity index (χ0) is 11.5. The van der Waals surface area contributed by atoms with Crippen LogP contribution in [0.3, 0.4) is 0 Å². The van der Waals surface area contributed by atoms with Gasteiger partial charge in [-0.2, -0.15) is 0 Å². The molecule has 0 spiro atoms. The number of hydrogen-bond acceptors (Lipinski definition) is 2. The fraction of sp³-hybridized carbons (Fsp3) is 0. The molecule has 2 aromatic rings. The molecule has 2 rings (SSSR count). The van der Waals surface area contributed by atoms with E-state index in [1.54, 1.807) is 30.3 Å². The second-order valence-corrected chi connectivity index (χ2v) is 4.23. The van der Waals surface area contributed by atoms with E-state index in [4.69, 9.17) is 16.0 Å². The van der Waals surface area contributed by atoms with Crippen molar-refractivity contribution in [2.24, 2.45) is 0 Å². The maximum absolute atomic E-state index is 11.8. The summed E-state index contributed by atoms with van der Waals surface area (Å²) in [6.45, 7) is 0. The van der Waals surface area contributed by atoms with Crippen molar-refractivity contribution in [2.75, 3.05) is 5.32 Å². The van der Waals surface area contributed by atoms with Crippen LogP contribution in [0.15, 0.2) is 45.7 Å². The quantitative estimate of drug-likeness (QED) is 0.912. The number of nitrogens with one attached hydrogen (secondary N) is 1. The highest BCUT2D eigenvalue weighted by Crippen LogP contribution is 2.20. The minimum absolute atomic E-state index is 0.247. The van der Waals surface area contributed by atoms with Gasteiger partial charge in [0.05, 0.1) is 11.8 Å². The molecule has 1 heterocycles. The van der Waals surface area contributed by atoms with Crippen molar-refractivity contribution in [2.45, 2.75) is 0 Å². The predicted octanol–water partition coefficient (Wildman–Crippen LogP) is 3.95. The van der Waals surface area contributed by atoms with E-state index in [-0.39, 0.29) is 5.91 Å². The van der Waals surface area contributed by atoms with E-state index in [1.807, 2.05) is 0 Å². The highest BCUT2D eigenvalue weighted by atomic mass is 79.9. The number of amides is 1. The highest BCUT2D eigenvalue weighted by molar-refractivity contribution is 9.10. The van der Waals surface area contributed by atoms with E-state index >= 15 is 0 Å². The SMILES string of the molecule is O=C(Nc1cccc(Cl)c1)c1ccoc1Br. The molecule has 1 N–H and O–H groups in total. The molecule has 0 bridgehead atoms. The van der Waals surface area contributed by atoms with Crippen molar-refractivity contribution in [3.63, 3.8) is 0 Å². The second kappa shape index (κ2) is 4.72. The van der Waals surface area contributed by atoms with Gasteiger partial charge in [-0.15, -0.1) is 0 Å². The van der Waals surface area contributed by atoms with Gasteiger partial charge in [0.1, 0.15) is 0 Å². The van der Waals surface area contributed by atoms with E-state index in [0.29, 0.717) is 20.9 Å². The molecule has 0 aliphatic heterocycles. The Labute approximate surface area is 106 Å². The smallest absolute Gasteiger partial charge is 0.260 e. The van der Waals surface area contributed by atoms with Gasteiger partial charge < -0.3 is 9.73 Å². The molecule has 0 aliphatic carbocycles. The Bertz CT molecular complexity index is 524. The molecular formula is C11H7BrClNO2. The second-order valence-electron chi connectivity index (χ2n) is 3.07. The summed E-state index contributed by atoms with van der Waals surface area (Å²) >= 11 is 8.95. The number of carbonyl (C=O) groups excluding carboxylic acids is 1. The lowest BCUT2D eigenvalue weighted by molar-refractivity contribution is 0.102. The standard InChI is InChI=1S/C11H7BrClNO2/c12-10-9(4-5-16-10)11(15)14-8-3-1-2-7(13)6-8/h1-6H,(H,14,15). The van der Waals surface area contributed by atoms with E-state index < -0.39 is 0 Å². The van der Waals surface area contributed by atoms with Crippen molar-refractivity contribution in [1.29, 1.82) is 0 Å². The van der Waals surface area contributed by atoms with Gasteiger partial charge in [0.2, 0.25) is 0 Å². The summed E-state index contributed by atoms with van der Waals surface area (Å²) in [7, 11) is 0. The molecule has 0 radical (unpaired) electrons. The molecule has 0 saturated carbocycles. The third kappa shape index (κ3) is 2.46. The molecule has 3 nitrogen and oxygen atoms in total. The molecular weight excluding hydrogens is 293 g/mol. The Morgan fingerprint density at radius 3 is 2.81 bits per heavy atom. The molecule has 0 atom stereocenters. The number of carbonyl (C=O) groups is 1. The van der Waals surface area contributed by atoms with Gasteiger partial charge >= 0.3 is 0 Å². The molecule has 5 heteroatoms. The zero-order valence-corrected chi connectivity index (χ0v) is 10.4. The summed E-state index contributed by atoms with van der Waals surface area (Å²) in [5.74, 6) is -0.247. The largest absolute Gasteiger partial charge is 0.457 e. The predicted molar refractivity (Wildman–Crippen MR) is 65.8 cm³/mol. The van der Waals surface area contributed by atoms with Crippen LogP contribution in [0, 0.1) is 0 Å². The van der Waals surface area contributed by atoms with E-state index in [2.05, 4.69) is 21.2 Å². The monoisotopic (exact) mass is 299 g/mol. The first-order valence-corrected chi connectivity index (χ1v) is 5.64. The van der Waals surface area contributed by atoms with Crippen LogP contribution in [0.2, 0.25) is 5.02 Å². The Morgan fingerprint density at radius 2 is 2.19 bits per heavy atom. The minimum Gasteiger partial charge on any atom is -0.457 e. The van der Waals surface area contributed by atoms with Crippen molar-refractivity contribution < 1.29 is 9.21 Å². The first kappa shape index (κ1) is 11.2. The molecule has 0 unspecified atom stereocenters. The molecule has 0 saturated heterocycles. The van der Waals surface area contributed by atoms with Gasteiger partial charge in [-0.3, -0.25) is 4.79 Å². The summed E-state index contributed by atoms with van der Waals surface area (Å²) in [5.41, 5.74) is 1.09. The van der Waals surface area contributed by atoms with Crippen LogP contribution in [0.5, 0.6) is 0 Å². The average molecular weight is 301 g/mol. The maximum atomic E-state index is 11.8. The van der Waals surface area contributed by atoms with Gasteiger partial charge in [-0.25, -0.2) is 0 Å². The lowest BCUT2D eigenvalue weighted by Gasteiger charge is -2.03. The maximum Gasteiger partial charge on any atom is 0.260 e. The van der Waals surface area contributed by atoms with Crippen LogP contribution < -0.4 is 5.32 Å². The van der Waals surface area contributed by atoms with E-state index in [9.17, 15) is 4.79 Å². The summed E-state index contributed by atoms with van der Waals surface area (Å²) < 4.78 is 5.39. The van der Waals surface area contributed by atoms with Crippen molar-refractivity contribution in [3.05, 3.63) is 51.9 Å². The van der Waals surface area contributed by atoms with E-state index in [1.165, 1.54) is 6.26 Å². The first-order valence-electron chi connectivity index (χ1n) is 4.47. The van der Waals surface area contributed by atoms with Gasteiger partial charge in [0.25, 0.3) is 5.91 Å². The summed E-state index contributed by atoms with van der Waals surface area (Å²) in [6, 6.07) is 8.53. The number of rotatable bonds is 2. The van der Waals surface area contributed by atoms with Crippen molar-refractivity contribution >= 4 is 39.1 Å². The van der Waals surface area contributed by atoms with Gasteiger partial charge in [-0.05, 0) is 40.2 Å². The normalized spacial score (nSPS) is 10.1. The lowest BCUT2D eigenvalue weighted by Crippen LogP contribution is -2.11. The summed E-state index contributed by atoms with van der Waals surface area (Å²) in [5, 5.41) is 3.29. The zero-order valence-electron chi connectivity index (χ0n) is 8.04. The van der Waals surface area contributed by atoms with E-state index in [0.717, 1.165) is 0 Å². The third-order valence-electron chi connectivity index (χ3n) is 1.95. The number of benzene rings is 1. The van der Waals surface area contributed by atoms with Crippen molar-refractivity contribution in [3.8, 4) is 0 Å². The lowest BCUT2D eigenvalue weighted by atomic mass is 10.3. The number of anilines is 1. The molecule has 1 aromatic carbocycles. The molecule has 1 aromatic heterocycles. The topological polar surface area (TPSA) is 42.2 Å².